The highest BCUT2D eigenvalue weighted by Gasteiger charge is 2.25. The summed E-state index contributed by atoms with van der Waals surface area (Å²) < 4.78 is 5.52. The Morgan fingerprint density at radius 2 is 2.03 bits per heavy atom. The highest BCUT2D eigenvalue weighted by molar-refractivity contribution is 5.82. The molecule has 1 aromatic heterocycles. The van der Waals surface area contributed by atoms with Gasteiger partial charge in [-0.05, 0) is 36.6 Å². The summed E-state index contributed by atoms with van der Waals surface area (Å²) in [4.78, 5) is 11.3. The molecule has 2 N–H and O–H groups in total. The SMILES string of the molecule is CN=C(NCCc1cccc2cccnc12)NC1CCN(c2ccccc2OC)C1. The van der Waals surface area contributed by atoms with Crippen molar-refractivity contribution in [2.45, 2.75) is 18.9 Å². The van der Waals surface area contributed by atoms with Gasteiger partial charge in [0.15, 0.2) is 5.96 Å². The van der Waals surface area contributed by atoms with Gasteiger partial charge in [0.1, 0.15) is 5.75 Å². The molecule has 2 heterocycles. The van der Waals surface area contributed by atoms with Crippen LogP contribution in [0.25, 0.3) is 10.9 Å². The molecule has 1 saturated heterocycles. The summed E-state index contributed by atoms with van der Waals surface area (Å²) in [6, 6.07) is 19.0. The second-order valence-corrected chi connectivity index (χ2v) is 7.49. The number of pyridine rings is 1. The molecule has 0 bridgehead atoms. The molecule has 30 heavy (non-hydrogen) atoms. The fraction of sp³-hybridized carbons (Fsp3) is 0.333. The van der Waals surface area contributed by atoms with Crippen LogP contribution in [0.5, 0.6) is 5.75 Å². The number of hydrogen-bond donors (Lipinski definition) is 2. The van der Waals surface area contributed by atoms with Crippen LogP contribution in [0, 0.1) is 0 Å². The van der Waals surface area contributed by atoms with Gasteiger partial charge >= 0.3 is 0 Å². The summed E-state index contributed by atoms with van der Waals surface area (Å²) in [5.41, 5.74) is 3.47. The second kappa shape index (κ2) is 9.48. The summed E-state index contributed by atoms with van der Waals surface area (Å²) in [7, 11) is 3.55. The van der Waals surface area contributed by atoms with Crippen molar-refractivity contribution in [2.24, 2.45) is 4.99 Å². The molecule has 0 aliphatic carbocycles. The van der Waals surface area contributed by atoms with Gasteiger partial charge in [0.05, 0.1) is 18.3 Å². The monoisotopic (exact) mass is 403 g/mol. The fourth-order valence-corrected chi connectivity index (χ4v) is 4.06. The van der Waals surface area contributed by atoms with Crippen LogP contribution in [0.2, 0.25) is 0 Å². The Bertz CT molecular complexity index is 1010. The first-order chi connectivity index (χ1) is 14.8. The van der Waals surface area contributed by atoms with E-state index in [4.69, 9.17) is 4.74 Å². The molecule has 6 heteroatoms. The van der Waals surface area contributed by atoms with Crippen molar-refractivity contribution in [1.82, 2.24) is 15.6 Å². The molecule has 0 radical (unpaired) electrons. The van der Waals surface area contributed by atoms with Crippen LogP contribution < -0.4 is 20.3 Å². The number of para-hydroxylation sites is 3. The van der Waals surface area contributed by atoms with Gasteiger partial charge < -0.3 is 20.3 Å². The van der Waals surface area contributed by atoms with Crippen molar-refractivity contribution in [3.8, 4) is 5.75 Å². The molecular formula is C24H29N5O. The number of rotatable bonds is 6. The predicted octanol–water partition coefficient (Wildman–Crippen LogP) is 3.23. The average Bonchev–Trinajstić information content (AvgIpc) is 3.27. The summed E-state index contributed by atoms with van der Waals surface area (Å²) in [6.07, 6.45) is 3.81. The molecule has 156 valence electrons. The van der Waals surface area contributed by atoms with E-state index in [1.165, 1.54) is 10.9 Å². The van der Waals surface area contributed by atoms with Gasteiger partial charge in [-0.15, -0.1) is 0 Å². The van der Waals surface area contributed by atoms with E-state index in [9.17, 15) is 0 Å². The minimum absolute atomic E-state index is 0.348. The molecule has 6 nitrogen and oxygen atoms in total. The Morgan fingerprint density at radius 1 is 1.17 bits per heavy atom. The van der Waals surface area contributed by atoms with Crippen molar-refractivity contribution >= 4 is 22.5 Å². The lowest BCUT2D eigenvalue weighted by Gasteiger charge is -2.22. The summed E-state index contributed by atoms with van der Waals surface area (Å²) in [5, 5.41) is 8.20. The molecule has 2 aromatic carbocycles. The van der Waals surface area contributed by atoms with Gasteiger partial charge in [-0.25, -0.2) is 0 Å². The zero-order valence-electron chi connectivity index (χ0n) is 17.6. The van der Waals surface area contributed by atoms with Gasteiger partial charge in [-0.1, -0.05) is 36.4 Å². The number of nitrogens with zero attached hydrogens (tertiary/aromatic N) is 3. The smallest absolute Gasteiger partial charge is 0.191 e. The minimum atomic E-state index is 0.348. The largest absolute Gasteiger partial charge is 0.495 e. The van der Waals surface area contributed by atoms with E-state index < -0.39 is 0 Å². The second-order valence-electron chi connectivity index (χ2n) is 7.49. The van der Waals surface area contributed by atoms with E-state index in [0.717, 1.165) is 55.4 Å². The third kappa shape index (κ3) is 4.48. The summed E-state index contributed by atoms with van der Waals surface area (Å²) >= 11 is 0. The molecule has 4 rings (SSSR count). The molecule has 0 spiro atoms. The Hall–Kier alpha value is -3.28. The lowest BCUT2D eigenvalue weighted by molar-refractivity contribution is 0.415. The van der Waals surface area contributed by atoms with Gasteiger partial charge in [0.25, 0.3) is 0 Å². The Labute approximate surface area is 178 Å². The van der Waals surface area contributed by atoms with Gasteiger partial charge in [0, 0.05) is 44.3 Å². The average molecular weight is 404 g/mol. The van der Waals surface area contributed by atoms with Crippen LogP contribution in [-0.4, -0.2) is 50.8 Å². The number of ether oxygens (including phenoxy) is 1. The number of hydrogen-bond acceptors (Lipinski definition) is 4. The predicted molar refractivity (Wildman–Crippen MR) is 124 cm³/mol. The van der Waals surface area contributed by atoms with E-state index >= 15 is 0 Å². The number of fused-ring (bicyclic) bond motifs is 1. The van der Waals surface area contributed by atoms with Crippen LogP contribution in [0.1, 0.15) is 12.0 Å². The third-order valence-electron chi connectivity index (χ3n) is 5.58. The van der Waals surface area contributed by atoms with Crippen LogP contribution in [0.3, 0.4) is 0 Å². The Morgan fingerprint density at radius 3 is 2.90 bits per heavy atom. The Balaban J connectivity index is 1.31. The van der Waals surface area contributed by atoms with Gasteiger partial charge in [-0.2, -0.15) is 0 Å². The molecule has 1 atom stereocenters. The topological polar surface area (TPSA) is 61.8 Å². The summed E-state index contributed by atoms with van der Waals surface area (Å²) in [6.45, 7) is 2.73. The summed E-state index contributed by atoms with van der Waals surface area (Å²) in [5.74, 6) is 1.76. The maximum absolute atomic E-state index is 5.52. The van der Waals surface area contributed by atoms with Crippen molar-refractivity contribution in [3.05, 3.63) is 66.4 Å². The molecule has 0 amide bonds. The van der Waals surface area contributed by atoms with Gasteiger partial charge in [0.2, 0.25) is 0 Å². The molecule has 1 aliphatic rings. The number of methoxy groups -OCH3 is 1. The molecule has 0 saturated carbocycles. The molecule has 1 unspecified atom stereocenters. The molecule has 1 aliphatic heterocycles. The number of aromatic nitrogens is 1. The van der Waals surface area contributed by atoms with E-state index in [-0.39, 0.29) is 0 Å². The van der Waals surface area contributed by atoms with Crippen LogP contribution in [0.15, 0.2) is 65.8 Å². The van der Waals surface area contributed by atoms with Crippen LogP contribution in [0.4, 0.5) is 5.69 Å². The third-order valence-corrected chi connectivity index (χ3v) is 5.58. The van der Waals surface area contributed by atoms with E-state index in [1.54, 1.807) is 7.11 Å². The normalized spacial score (nSPS) is 16.7. The maximum Gasteiger partial charge on any atom is 0.191 e. The zero-order valence-corrected chi connectivity index (χ0v) is 17.6. The minimum Gasteiger partial charge on any atom is -0.495 e. The fourth-order valence-electron chi connectivity index (χ4n) is 4.06. The Kier molecular flexibility index (Phi) is 6.32. The van der Waals surface area contributed by atoms with Gasteiger partial charge in [-0.3, -0.25) is 9.98 Å². The van der Waals surface area contributed by atoms with Crippen molar-refractivity contribution in [1.29, 1.82) is 0 Å². The lowest BCUT2D eigenvalue weighted by Crippen LogP contribution is -2.45. The first-order valence-electron chi connectivity index (χ1n) is 10.5. The number of anilines is 1. The van der Waals surface area contributed by atoms with E-state index in [0.29, 0.717) is 6.04 Å². The molecular weight excluding hydrogens is 374 g/mol. The van der Waals surface area contributed by atoms with Crippen LogP contribution in [-0.2, 0) is 6.42 Å². The highest BCUT2D eigenvalue weighted by Crippen LogP contribution is 2.30. The number of guanidine groups is 1. The molecule has 1 fully saturated rings. The lowest BCUT2D eigenvalue weighted by atomic mass is 10.1. The first kappa shape index (κ1) is 20.0. The highest BCUT2D eigenvalue weighted by atomic mass is 16.5. The molecule has 3 aromatic rings. The van der Waals surface area contributed by atoms with Crippen molar-refractivity contribution < 1.29 is 4.74 Å². The van der Waals surface area contributed by atoms with Crippen LogP contribution >= 0.6 is 0 Å². The standard InChI is InChI=1S/C24H29N5O/c1-25-24(27-15-12-19-8-5-7-18-9-6-14-26-23(18)19)28-20-13-16-29(17-20)21-10-3-4-11-22(21)30-2/h3-11,14,20H,12-13,15-17H2,1-2H3,(H2,25,27,28). The number of nitrogens with one attached hydrogen (secondary N) is 2. The number of aliphatic imine (C=N–C) groups is 1. The van der Waals surface area contributed by atoms with Crippen molar-refractivity contribution in [2.75, 3.05) is 38.7 Å². The number of benzene rings is 2. The van der Waals surface area contributed by atoms with E-state index in [2.05, 4.69) is 61.9 Å². The van der Waals surface area contributed by atoms with E-state index in [1.807, 2.05) is 31.4 Å². The maximum atomic E-state index is 5.52. The first-order valence-corrected chi connectivity index (χ1v) is 10.5. The van der Waals surface area contributed by atoms with Crippen molar-refractivity contribution in [3.63, 3.8) is 0 Å². The quantitative estimate of drug-likeness (QED) is 0.489. The zero-order chi connectivity index (χ0) is 20.8.